The molecule has 1 aromatic rings. The van der Waals surface area contributed by atoms with E-state index >= 15 is 0 Å². The van der Waals surface area contributed by atoms with Gasteiger partial charge in [-0.2, -0.15) is 0 Å². The van der Waals surface area contributed by atoms with Crippen LogP contribution in [0.4, 0.5) is 0 Å². The maximum absolute atomic E-state index is 11.5. The summed E-state index contributed by atoms with van der Waals surface area (Å²) in [4.78, 5) is 19.3. The monoisotopic (exact) mass is 224 g/mol. The molecule has 0 saturated heterocycles. The highest BCUT2D eigenvalue weighted by Crippen LogP contribution is 2.01. The maximum atomic E-state index is 11.5. The predicted molar refractivity (Wildman–Crippen MR) is 62.9 cm³/mol. The van der Waals surface area contributed by atoms with Gasteiger partial charge >= 0.3 is 0 Å². The van der Waals surface area contributed by atoms with Crippen molar-refractivity contribution in [1.29, 1.82) is 0 Å². The molecule has 0 aliphatic carbocycles. The highest BCUT2D eigenvalue weighted by Gasteiger charge is 2.10. The number of imidazole rings is 1. The van der Waals surface area contributed by atoms with Crippen LogP contribution in [0.1, 0.15) is 12.7 Å². The Labute approximate surface area is 96.7 Å². The summed E-state index contributed by atoms with van der Waals surface area (Å²) >= 11 is 0. The molecule has 0 fully saturated rings. The van der Waals surface area contributed by atoms with Crippen LogP contribution in [0.2, 0.25) is 0 Å². The van der Waals surface area contributed by atoms with E-state index in [1.807, 2.05) is 18.1 Å². The van der Waals surface area contributed by atoms with Gasteiger partial charge in [-0.1, -0.05) is 0 Å². The van der Waals surface area contributed by atoms with E-state index in [4.69, 9.17) is 0 Å². The van der Waals surface area contributed by atoms with Crippen molar-refractivity contribution in [1.82, 2.24) is 19.4 Å². The average Bonchev–Trinajstić information content (AvgIpc) is 2.64. The summed E-state index contributed by atoms with van der Waals surface area (Å²) < 4.78 is 2.08. The fourth-order valence-electron chi connectivity index (χ4n) is 1.45. The molecule has 0 aliphatic rings. The van der Waals surface area contributed by atoms with Crippen molar-refractivity contribution in [3.63, 3.8) is 0 Å². The fourth-order valence-corrected chi connectivity index (χ4v) is 1.45. The molecule has 0 saturated carbocycles. The molecule has 0 spiro atoms. The number of aryl methyl sites for hydroxylation is 1. The van der Waals surface area contributed by atoms with Crippen molar-refractivity contribution in [2.45, 2.75) is 20.0 Å². The zero-order valence-electron chi connectivity index (χ0n) is 10.5. The first-order chi connectivity index (χ1) is 7.54. The molecular weight excluding hydrogens is 204 g/mol. The first kappa shape index (κ1) is 12.7. The lowest BCUT2D eigenvalue weighted by atomic mass is 10.4. The quantitative estimate of drug-likeness (QED) is 0.728. The Balaban J connectivity index is 2.51. The number of amides is 1. The molecule has 90 valence electrons. The van der Waals surface area contributed by atoms with E-state index in [9.17, 15) is 4.79 Å². The second kappa shape index (κ2) is 5.65. The Bertz CT molecular complexity index is 346. The minimum atomic E-state index is 0.108. The van der Waals surface area contributed by atoms with E-state index in [2.05, 4.69) is 16.5 Å². The van der Waals surface area contributed by atoms with Crippen molar-refractivity contribution >= 4 is 5.91 Å². The van der Waals surface area contributed by atoms with Gasteiger partial charge < -0.3 is 9.47 Å². The molecular formula is C11H20N4O. The van der Waals surface area contributed by atoms with Gasteiger partial charge in [0.1, 0.15) is 5.82 Å². The van der Waals surface area contributed by atoms with Crippen LogP contribution in [0.3, 0.4) is 0 Å². The minimum absolute atomic E-state index is 0.108. The van der Waals surface area contributed by atoms with Crippen LogP contribution in [-0.2, 0) is 17.9 Å². The van der Waals surface area contributed by atoms with Crippen molar-refractivity contribution in [3.05, 3.63) is 18.2 Å². The van der Waals surface area contributed by atoms with Crippen LogP contribution < -0.4 is 0 Å². The van der Waals surface area contributed by atoms with Crippen molar-refractivity contribution in [2.75, 3.05) is 27.7 Å². The lowest BCUT2D eigenvalue weighted by Gasteiger charge is -2.18. The third-order valence-electron chi connectivity index (χ3n) is 2.46. The Hall–Kier alpha value is -1.36. The molecule has 16 heavy (non-hydrogen) atoms. The standard InChI is InChI=1S/C11H20N4O/c1-5-15-7-6-12-10(15)8-14(4)9-11(16)13(2)3/h6-7H,5,8-9H2,1-4H3. The number of likely N-dealkylation sites (N-methyl/N-ethyl adjacent to an activating group) is 2. The van der Waals surface area contributed by atoms with E-state index in [0.29, 0.717) is 13.1 Å². The van der Waals surface area contributed by atoms with Crippen LogP contribution in [0, 0.1) is 0 Å². The normalized spacial score (nSPS) is 10.8. The maximum Gasteiger partial charge on any atom is 0.236 e. The van der Waals surface area contributed by atoms with Crippen molar-refractivity contribution in [3.8, 4) is 0 Å². The second-order valence-electron chi connectivity index (χ2n) is 4.09. The van der Waals surface area contributed by atoms with Gasteiger partial charge in [0.05, 0.1) is 13.1 Å². The topological polar surface area (TPSA) is 41.4 Å². The largest absolute Gasteiger partial charge is 0.348 e. The lowest BCUT2D eigenvalue weighted by Crippen LogP contribution is -2.34. The van der Waals surface area contributed by atoms with Crippen molar-refractivity contribution in [2.24, 2.45) is 0 Å². The average molecular weight is 224 g/mol. The molecule has 1 rings (SSSR count). The van der Waals surface area contributed by atoms with Crippen LogP contribution in [0.25, 0.3) is 0 Å². The third-order valence-corrected chi connectivity index (χ3v) is 2.46. The van der Waals surface area contributed by atoms with E-state index in [1.165, 1.54) is 0 Å². The lowest BCUT2D eigenvalue weighted by molar-refractivity contribution is -0.129. The first-order valence-corrected chi connectivity index (χ1v) is 5.43. The van der Waals surface area contributed by atoms with Crippen LogP contribution >= 0.6 is 0 Å². The van der Waals surface area contributed by atoms with Crippen LogP contribution in [0.5, 0.6) is 0 Å². The molecule has 0 aliphatic heterocycles. The second-order valence-corrected chi connectivity index (χ2v) is 4.09. The van der Waals surface area contributed by atoms with E-state index in [0.717, 1.165) is 12.4 Å². The number of carbonyl (C=O) groups excluding carboxylic acids is 1. The Morgan fingerprint density at radius 3 is 2.69 bits per heavy atom. The summed E-state index contributed by atoms with van der Waals surface area (Å²) in [5, 5.41) is 0. The molecule has 0 bridgehead atoms. The molecule has 0 atom stereocenters. The fraction of sp³-hybridized carbons (Fsp3) is 0.636. The van der Waals surface area contributed by atoms with E-state index in [-0.39, 0.29) is 5.91 Å². The number of rotatable bonds is 5. The molecule has 0 unspecified atom stereocenters. The van der Waals surface area contributed by atoms with E-state index < -0.39 is 0 Å². The number of carbonyl (C=O) groups is 1. The highest BCUT2D eigenvalue weighted by molar-refractivity contribution is 5.77. The van der Waals surface area contributed by atoms with Gasteiger partial charge in [0.25, 0.3) is 0 Å². The third kappa shape index (κ3) is 3.34. The van der Waals surface area contributed by atoms with Gasteiger partial charge in [-0.15, -0.1) is 0 Å². The molecule has 1 heterocycles. The molecule has 5 nitrogen and oxygen atoms in total. The van der Waals surface area contributed by atoms with Gasteiger partial charge in [0.15, 0.2) is 0 Å². The molecule has 1 amide bonds. The summed E-state index contributed by atoms with van der Waals surface area (Å²) in [6, 6.07) is 0. The number of nitrogens with zero attached hydrogens (tertiary/aromatic N) is 4. The summed E-state index contributed by atoms with van der Waals surface area (Å²) in [5.74, 6) is 1.11. The smallest absolute Gasteiger partial charge is 0.236 e. The SMILES string of the molecule is CCn1ccnc1CN(C)CC(=O)N(C)C. The van der Waals surface area contributed by atoms with Gasteiger partial charge in [-0.3, -0.25) is 9.69 Å². The van der Waals surface area contributed by atoms with Gasteiger partial charge in [0, 0.05) is 33.0 Å². The summed E-state index contributed by atoms with van der Waals surface area (Å²) in [6.07, 6.45) is 3.75. The summed E-state index contributed by atoms with van der Waals surface area (Å²) in [7, 11) is 5.46. The Kier molecular flexibility index (Phi) is 4.49. The number of aromatic nitrogens is 2. The predicted octanol–water partition coefficient (Wildman–Crippen LogP) is 0.423. The van der Waals surface area contributed by atoms with Gasteiger partial charge in [0.2, 0.25) is 5.91 Å². The first-order valence-electron chi connectivity index (χ1n) is 5.43. The summed E-state index contributed by atoms with van der Waals surface area (Å²) in [5.41, 5.74) is 0. The zero-order valence-corrected chi connectivity index (χ0v) is 10.5. The Morgan fingerprint density at radius 2 is 2.12 bits per heavy atom. The zero-order chi connectivity index (χ0) is 12.1. The highest BCUT2D eigenvalue weighted by atomic mass is 16.2. The summed E-state index contributed by atoms with van der Waals surface area (Å²) in [6.45, 7) is 4.10. The van der Waals surface area contributed by atoms with Crippen LogP contribution in [0.15, 0.2) is 12.4 Å². The van der Waals surface area contributed by atoms with E-state index in [1.54, 1.807) is 25.2 Å². The molecule has 0 aromatic carbocycles. The van der Waals surface area contributed by atoms with Crippen molar-refractivity contribution < 1.29 is 4.79 Å². The molecule has 0 N–H and O–H groups in total. The van der Waals surface area contributed by atoms with Gasteiger partial charge in [-0.25, -0.2) is 4.98 Å². The minimum Gasteiger partial charge on any atom is -0.348 e. The molecule has 1 aromatic heterocycles. The molecule has 0 radical (unpaired) electrons. The number of hydrogen-bond acceptors (Lipinski definition) is 3. The molecule has 5 heteroatoms. The Morgan fingerprint density at radius 1 is 1.44 bits per heavy atom. The number of hydrogen-bond donors (Lipinski definition) is 0. The van der Waals surface area contributed by atoms with Gasteiger partial charge in [-0.05, 0) is 14.0 Å². The van der Waals surface area contributed by atoms with Crippen LogP contribution in [-0.4, -0.2) is 52.9 Å².